The minimum atomic E-state index is -0.303. The van der Waals surface area contributed by atoms with Gasteiger partial charge in [-0.25, -0.2) is 9.37 Å². The molecular formula is C18H9Cl2FN2S. The maximum atomic E-state index is 13.0. The van der Waals surface area contributed by atoms with Crippen molar-refractivity contribution in [2.75, 3.05) is 0 Å². The van der Waals surface area contributed by atoms with Gasteiger partial charge in [0.15, 0.2) is 0 Å². The molecule has 0 aliphatic heterocycles. The molecular weight excluding hydrogens is 366 g/mol. The summed E-state index contributed by atoms with van der Waals surface area (Å²) in [4.78, 5) is 4.46. The number of nitrogens with zero attached hydrogens (tertiary/aromatic N) is 2. The number of rotatable bonds is 3. The Morgan fingerprint density at radius 2 is 1.92 bits per heavy atom. The average Bonchev–Trinajstić information content (AvgIpc) is 3.06. The normalized spacial score (nSPS) is 11.3. The van der Waals surface area contributed by atoms with E-state index in [0.29, 0.717) is 31.9 Å². The highest BCUT2D eigenvalue weighted by atomic mass is 35.5. The van der Waals surface area contributed by atoms with Crippen LogP contribution in [0.2, 0.25) is 10.0 Å². The third kappa shape index (κ3) is 3.49. The van der Waals surface area contributed by atoms with Crippen molar-refractivity contribution < 1.29 is 4.39 Å². The fourth-order valence-electron chi connectivity index (χ4n) is 2.08. The zero-order chi connectivity index (χ0) is 17.1. The largest absolute Gasteiger partial charge is 0.235 e. The molecule has 0 atom stereocenters. The predicted octanol–water partition coefficient (Wildman–Crippen LogP) is 6.32. The summed E-state index contributed by atoms with van der Waals surface area (Å²) < 4.78 is 13.0. The van der Waals surface area contributed by atoms with E-state index in [4.69, 9.17) is 23.2 Å². The molecule has 0 radical (unpaired) electrons. The summed E-state index contributed by atoms with van der Waals surface area (Å²) in [6, 6.07) is 13.4. The van der Waals surface area contributed by atoms with E-state index in [1.54, 1.807) is 36.4 Å². The highest BCUT2D eigenvalue weighted by Gasteiger charge is 2.11. The highest BCUT2D eigenvalue weighted by molar-refractivity contribution is 7.11. The van der Waals surface area contributed by atoms with Crippen molar-refractivity contribution in [3.63, 3.8) is 0 Å². The maximum absolute atomic E-state index is 13.0. The molecule has 0 spiro atoms. The molecule has 0 amide bonds. The van der Waals surface area contributed by atoms with Crippen LogP contribution in [0, 0.1) is 17.1 Å². The molecule has 0 N–H and O–H groups in total. The van der Waals surface area contributed by atoms with E-state index >= 15 is 0 Å². The van der Waals surface area contributed by atoms with E-state index in [1.807, 2.05) is 5.38 Å². The summed E-state index contributed by atoms with van der Waals surface area (Å²) in [7, 11) is 0. The predicted molar refractivity (Wildman–Crippen MR) is 97.5 cm³/mol. The Balaban J connectivity index is 1.98. The van der Waals surface area contributed by atoms with Crippen molar-refractivity contribution in [2.24, 2.45) is 0 Å². The van der Waals surface area contributed by atoms with Crippen LogP contribution in [0.15, 0.2) is 47.8 Å². The molecule has 3 rings (SSSR count). The Morgan fingerprint density at radius 3 is 2.62 bits per heavy atom. The van der Waals surface area contributed by atoms with Crippen LogP contribution in [-0.4, -0.2) is 4.98 Å². The zero-order valence-corrected chi connectivity index (χ0v) is 14.5. The first-order chi connectivity index (χ1) is 11.6. The van der Waals surface area contributed by atoms with Gasteiger partial charge in [-0.3, -0.25) is 0 Å². The highest BCUT2D eigenvalue weighted by Crippen LogP contribution is 2.31. The Labute approximate surface area is 152 Å². The summed E-state index contributed by atoms with van der Waals surface area (Å²) in [6.45, 7) is 0. The van der Waals surface area contributed by atoms with E-state index in [2.05, 4.69) is 11.1 Å². The molecule has 6 heteroatoms. The second kappa shape index (κ2) is 7.14. The summed E-state index contributed by atoms with van der Waals surface area (Å²) >= 11 is 13.5. The molecule has 0 bridgehead atoms. The molecule has 1 heterocycles. The first-order valence-corrected chi connectivity index (χ1v) is 8.49. The second-order valence-electron chi connectivity index (χ2n) is 4.86. The first kappa shape index (κ1) is 16.7. The number of hydrogen-bond acceptors (Lipinski definition) is 3. The van der Waals surface area contributed by atoms with Gasteiger partial charge in [0.2, 0.25) is 0 Å². The Hall–Kier alpha value is -2.19. The van der Waals surface area contributed by atoms with Gasteiger partial charge in [-0.15, -0.1) is 11.3 Å². The van der Waals surface area contributed by atoms with Crippen molar-refractivity contribution in [3.05, 3.63) is 74.3 Å². The van der Waals surface area contributed by atoms with Crippen LogP contribution in [-0.2, 0) is 0 Å². The summed E-state index contributed by atoms with van der Waals surface area (Å²) in [5.74, 6) is -0.303. The number of allylic oxidation sites excluding steroid dienone is 1. The van der Waals surface area contributed by atoms with Crippen molar-refractivity contribution in [2.45, 2.75) is 0 Å². The Bertz CT molecular complexity index is 956. The Kier molecular flexibility index (Phi) is 4.96. The van der Waals surface area contributed by atoms with Crippen molar-refractivity contribution >= 4 is 46.2 Å². The molecule has 0 unspecified atom stereocenters. The topological polar surface area (TPSA) is 36.7 Å². The number of hydrogen-bond donors (Lipinski definition) is 0. The van der Waals surface area contributed by atoms with Crippen LogP contribution >= 0.6 is 34.5 Å². The first-order valence-electron chi connectivity index (χ1n) is 6.86. The van der Waals surface area contributed by atoms with Gasteiger partial charge in [-0.2, -0.15) is 5.26 Å². The monoisotopic (exact) mass is 374 g/mol. The van der Waals surface area contributed by atoms with Crippen LogP contribution in [0.3, 0.4) is 0 Å². The third-order valence-corrected chi connectivity index (χ3v) is 4.99. The van der Waals surface area contributed by atoms with E-state index in [1.165, 1.54) is 23.5 Å². The van der Waals surface area contributed by atoms with E-state index in [-0.39, 0.29) is 5.82 Å². The van der Waals surface area contributed by atoms with Gasteiger partial charge < -0.3 is 0 Å². The SMILES string of the molecule is N#C/C(=C\c1cccc(Cl)c1Cl)c1nc(-c2ccc(F)cc2)cs1. The molecule has 0 saturated carbocycles. The van der Waals surface area contributed by atoms with Crippen molar-refractivity contribution in [1.82, 2.24) is 4.98 Å². The van der Waals surface area contributed by atoms with Crippen LogP contribution < -0.4 is 0 Å². The van der Waals surface area contributed by atoms with Gasteiger partial charge in [-0.05, 0) is 42.0 Å². The molecule has 0 fully saturated rings. The fourth-order valence-corrected chi connectivity index (χ4v) is 3.24. The molecule has 24 heavy (non-hydrogen) atoms. The second-order valence-corrected chi connectivity index (χ2v) is 6.50. The quantitative estimate of drug-likeness (QED) is 0.502. The number of benzene rings is 2. The maximum Gasteiger partial charge on any atom is 0.134 e. The van der Waals surface area contributed by atoms with Gasteiger partial charge in [0, 0.05) is 10.9 Å². The summed E-state index contributed by atoms with van der Waals surface area (Å²) in [5.41, 5.74) is 2.52. The minimum absolute atomic E-state index is 0.303. The molecule has 2 nitrogen and oxygen atoms in total. The van der Waals surface area contributed by atoms with Gasteiger partial charge in [0.1, 0.15) is 16.9 Å². The van der Waals surface area contributed by atoms with Gasteiger partial charge in [-0.1, -0.05) is 35.3 Å². The number of thiazole rings is 1. The lowest BCUT2D eigenvalue weighted by Gasteiger charge is -2.01. The molecule has 3 aromatic rings. The van der Waals surface area contributed by atoms with Crippen molar-refractivity contribution in [3.8, 4) is 17.3 Å². The van der Waals surface area contributed by atoms with E-state index in [0.717, 1.165) is 5.56 Å². The van der Waals surface area contributed by atoms with Crippen molar-refractivity contribution in [1.29, 1.82) is 5.26 Å². The molecule has 2 aromatic carbocycles. The van der Waals surface area contributed by atoms with Crippen LogP contribution in [0.25, 0.3) is 22.9 Å². The minimum Gasteiger partial charge on any atom is -0.235 e. The molecule has 0 aliphatic carbocycles. The summed E-state index contributed by atoms with van der Waals surface area (Å²) in [5, 5.41) is 12.6. The standard InChI is InChI=1S/C18H9Cl2FN2S/c19-15-3-1-2-12(17(15)20)8-13(9-22)18-23-16(10-24-18)11-4-6-14(21)7-5-11/h1-8,10H/b13-8+. The lowest BCUT2D eigenvalue weighted by Crippen LogP contribution is -1.84. The van der Waals surface area contributed by atoms with E-state index < -0.39 is 0 Å². The smallest absolute Gasteiger partial charge is 0.134 e. The van der Waals surface area contributed by atoms with Gasteiger partial charge in [0.05, 0.1) is 21.3 Å². The summed E-state index contributed by atoms with van der Waals surface area (Å²) in [6.07, 6.45) is 1.65. The third-order valence-electron chi connectivity index (χ3n) is 3.28. The molecule has 0 aliphatic rings. The van der Waals surface area contributed by atoms with E-state index in [9.17, 15) is 9.65 Å². The average molecular weight is 375 g/mol. The fraction of sp³-hybridized carbons (Fsp3) is 0. The van der Waals surface area contributed by atoms with Crippen LogP contribution in [0.1, 0.15) is 10.6 Å². The molecule has 118 valence electrons. The molecule has 0 saturated heterocycles. The zero-order valence-electron chi connectivity index (χ0n) is 12.1. The molecule has 1 aromatic heterocycles. The number of nitriles is 1. The number of halogens is 3. The van der Waals surface area contributed by atoms with Crippen LogP contribution in [0.5, 0.6) is 0 Å². The number of aromatic nitrogens is 1. The lowest BCUT2D eigenvalue weighted by molar-refractivity contribution is 0.628. The van der Waals surface area contributed by atoms with Crippen LogP contribution in [0.4, 0.5) is 4.39 Å². The van der Waals surface area contributed by atoms with Gasteiger partial charge >= 0.3 is 0 Å². The lowest BCUT2D eigenvalue weighted by atomic mass is 10.1. The Morgan fingerprint density at radius 1 is 1.17 bits per heavy atom. The van der Waals surface area contributed by atoms with Gasteiger partial charge in [0.25, 0.3) is 0 Å².